The minimum atomic E-state index is -0.422. The fourth-order valence-corrected chi connectivity index (χ4v) is 1.23. The van der Waals surface area contributed by atoms with Crippen LogP contribution in [-0.2, 0) is 6.54 Å². The molecule has 0 aromatic heterocycles. The van der Waals surface area contributed by atoms with Crippen LogP contribution in [0, 0.1) is 10.1 Å². The number of nitro groups is 1. The van der Waals surface area contributed by atoms with E-state index in [2.05, 4.69) is 10.3 Å². The zero-order valence-electron chi connectivity index (χ0n) is 9.01. The largest absolute Gasteiger partial charge is 0.370 e. The van der Waals surface area contributed by atoms with Gasteiger partial charge in [-0.25, -0.2) is 4.99 Å². The van der Waals surface area contributed by atoms with Crippen molar-refractivity contribution in [1.29, 1.82) is 0 Å². The molecule has 86 valence electrons. The van der Waals surface area contributed by atoms with E-state index in [0.717, 1.165) is 0 Å². The predicted molar refractivity (Wildman–Crippen MR) is 62.1 cm³/mol. The van der Waals surface area contributed by atoms with Crippen LogP contribution in [0.2, 0.25) is 0 Å². The van der Waals surface area contributed by atoms with Gasteiger partial charge in [-0.1, -0.05) is 18.2 Å². The Kier molecular flexibility index (Phi) is 4.26. The monoisotopic (exact) mass is 222 g/mol. The SMILES string of the molecule is CCNC(N)=NCc1ccccc1[N+](=O)[O-]. The Hall–Kier alpha value is -2.11. The van der Waals surface area contributed by atoms with E-state index in [9.17, 15) is 10.1 Å². The molecular weight excluding hydrogens is 208 g/mol. The maximum atomic E-state index is 10.7. The molecule has 0 spiro atoms. The van der Waals surface area contributed by atoms with Crippen LogP contribution in [0.3, 0.4) is 0 Å². The minimum absolute atomic E-state index is 0.0653. The molecule has 0 unspecified atom stereocenters. The van der Waals surface area contributed by atoms with Gasteiger partial charge >= 0.3 is 0 Å². The van der Waals surface area contributed by atoms with Crippen molar-refractivity contribution >= 4 is 11.6 Å². The maximum absolute atomic E-state index is 10.7. The number of rotatable bonds is 4. The molecule has 0 saturated heterocycles. The minimum Gasteiger partial charge on any atom is -0.370 e. The number of hydrogen-bond donors (Lipinski definition) is 2. The van der Waals surface area contributed by atoms with Gasteiger partial charge in [0.25, 0.3) is 5.69 Å². The van der Waals surface area contributed by atoms with Gasteiger partial charge in [-0.05, 0) is 6.92 Å². The predicted octanol–water partition coefficient (Wildman–Crippen LogP) is 1.02. The zero-order chi connectivity index (χ0) is 12.0. The van der Waals surface area contributed by atoms with Crippen LogP contribution in [-0.4, -0.2) is 17.4 Å². The molecule has 1 aromatic rings. The topological polar surface area (TPSA) is 93.5 Å². The molecular formula is C10H14N4O2. The third-order valence-electron chi connectivity index (χ3n) is 1.97. The standard InChI is InChI=1S/C10H14N4O2/c1-2-12-10(11)13-7-8-5-3-4-6-9(8)14(15)16/h3-6H,2,7H2,1H3,(H3,11,12,13). The van der Waals surface area contributed by atoms with E-state index in [1.807, 2.05) is 6.92 Å². The number of para-hydroxylation sites is 1. The van der Waals surface area contributed by atoms with Gasteiger partial charge in [0.15, 0.2) is 5.96 Å². The number of guanidine groups is 1. The fraction of sp³-hybridized carbons (Fsp3) is 0.300. The first kappa shape index (κ1) is 12.0. The van der Waals surface area contributed by atoms with E-state index in [0.29, 0.717) is 18.1 Å². The number of nitrogens with two attached hydrogens (primary N) is 1. The summed E-state index contributed by atoms with van der Waals surface area (Å²) in [6, 6.07) is 6.48. The van der Waals surface area contributed by atoms with Gasteiger partial charge in [0.05, 0.1) is 17.0 Å². The van der Waals surface area contributed by atoms with E-state index in [1.54, 1.807) is 18.2 Å². The molecule has 16 heavy (non-hydrogen) atoms. The van der Waals surface area contributed by atoms with Gasteiger partial charge in [-0.15, -0.1) is 0 Å². The first-order chi connectivity index (χ1) is 7.65. The van der Waals surface area contributed by atoms with Gasteiger partial charge in [0.1, 0.15) is 0 Å². The molecule has 6 heteroatoms. The molecule has 6 nitrogen and oxygen atoms in total. The molecule has 0 atom stereocenters. The molecule has 0 aliphatic heterocycles. The molecule has 0 fully saturated rings. The van der Waals surface area contributed by atoms with Crippen LogP contribution in [0.15, 0.2) is 29.3 Å². The van der Waals surface area contributed by atoms with Crippen LogP contribution in [0.4, 0.5) is 5.69 Å². The van der Waals surface area contributed by atoms with E-state index in [1.165, 1.54) is 6.07 Å². The zero-order valence-corrected chi connectivity index (χ0v) is 9.01. The summed E-state index contributed by atoms with van der Waals surface area (Å²) in [5.41, 5.74) is 6.14. The molecule has 0 aliphatic carbocycles. The molecule has 0 aliphatic rings. The van der Waals surface area contributed by atoms with E-state index < -0.39 is 4.92 Å². The lowest BCUT2D eigenvalue weighted by atomic mass is 10.2. The smallest absolute Gasteiger partial charge is 0.274 e. The number of nitrogens with zero attached hydrogens (tertiary/aromatic N) is 2. The maximum Gasteiger partial charge on any atom is 0.274 e. The number of aliphatic imine (C=N–C) groups is 1. The molecule has 0 amide bonds. The number of benzene rings is 1. The third kappa shape index (κ3) is 3.23. The summed E-state index contributed by atoms with van der Waals surface area (Å²) in [4.78, 5) is 14.3. The van der Waals surface area contributed by atoms with Crippen LogP contribution in [0.5, 0.6) is 0 Å². The number of nitrogens with one attached hydrogen (secondary N) is 1. The van der Waals surface area contributed by atoms with Gasteiger partial charge < -0.3 is 11.1 Å². The average Bonchev–Trinajstić information content (AvgIpc) is 2.27. The molecule has 0 saturated carbocycles. The Morgan fingerprint density at radius 1 is 1.56 bits per heavy atom. The highest BCUT2D eigenvalue weighted by molar-refractivity contribution is 5.77. The van der Waals surface area contributed by atoms with Crippen molar-refractivity contribution in [2.75, 3.05) is 6.54 Å². The van der Waals surface area contributed by atoms with Gasteiger partial charge in [0.2, 0.25) is 0 Å². The molecule has 0 heterocycles. The van der Waals surface area contributed by atoms with Crippen LogP contribution < -0.4 is 11.1 Å². The van der Waals surface area contributed by atoms with Crippen molar-refractivity contribution in [3.8, 4) is 0 Å². The number of hydrogen-bond acceptors (Lipinski definition) is 3. The second-order valence-corrected chi connectivity index (χ2v) is 3.12. The van der Waals surface area contributed by atoms with Crippen molar-refractivity contribution in [2.24, 2.45) is 10.7 Å². The first-order valence-electron chi connectivity index (χ1n) is 4.91. The lowest BCUT2D eigenvalue weighted by Crippen LogP contribution is -2.31. The van der Waals surface area contributed by atoms with Crippen molar-refractivity contribution < 1.29 is 4.92 Å². The summed E-state index contributed by atoms with van der Waals surface area (Å²) in [7, 11) is 0. The molecule has 3 N–H and O–H groups in total. The van der Waals surface area contributed by atoms with Crippen molar-refractivity contribution in [3.05, 3.63) is 39.9 Å². The summed E-state index contributed by atoms with van der Waals surface area (Å²) >= 11 is 0. The lowest BCUT2D eigenvalue weighted by Gasteiger charge is -2.02. The van der Waals surface area contributed by atoms with Gasteiger partial charge in [-0.2, -0.15) is 0 Å². The molecule has 0 radical (unpaired) electrons. The Balaban J connectivity index is 2.81. The van der Waals surface area contributed by atoms with E-state index >= 15 is 0 Å². The van der Waals surface area contributed by atoms with E-state index in [-0.39, 0.29) is 12.2 Å². The second-order valence-electron chi connectivity index (χ2n) is 3.12. The van der Waals surface area contributed by atoms with Crippen LogP contribution >= 0.6 is 0 Å². The quantitative estimate of drug-likeness (QED) is 0.344. The fourth-order valence-electron chi connectivity index (χ4n) is 1.23. The first-order valence-corrected chi connectivity index (χ1v) is 4.91. The van der Waals surface area contributed by atoms with Gasteiger partial charge in [0, 0.05) is 12.6 Å². The molecule has 1 rings (SSSR count). The summed E-state index contributed by atoms with van der Waals surface area (Å²) in [5, 5.41) is 13.5. The van der Waals surface area contributed by atoms with Crippen molar-refractivity contribution in [3.63, 3.8) is 0 Å². The summed E-state index contributed by atoms with van der Waals surface area (Å²) in [6.07, 6.45) is 0. The Bertz CT molecular complexity index is 404. The highest BCUT2D eigenvalue weighted by Gasteiger charge is 2.11. The normalized spacial score (nSPS) is 11.2. The van der Waals surface area contributed by atoms with Crippen molar-refractivity contribution in [1.82, 2.24) is 5.32 Å². The van der Waals surface area contributed by atoms with Crippen LogP contribution in [0.25, 0.3) is 0 Å². The average molecular weight is 222 g/mol. The van der Waals surface area contributed by atoms with Gasteiger partial charge in [-0.3, -0.25) is 10.1 Å². The molecule has 1 aromatic carbocycles. The Morgan fingerprint density at radius 3 is 2.88 bits per heavy atom. The summed E-state index contributed by atoms with van der Waals surface area (Å²) in [6.45, 7) is 2.77. The third-order valence-corrected chi connectivity index (χ3v) is 1.97. The second kappa shape index (κ2) is 5.69. The highest BCUT2D eigenvalue weighted by Crippen LogP contribution is 2.18. The Morgan fingerprint density at radius 2 is 2.25 bits per heavy atom. The summed E-state index contributed by atoms with van der Waals surface area (Å²) in [5.74, 6) is 0.292. The lowest BCUT2D eigenvalue weighted by molar-refractivity contribution is -0.385. The summed E-state index contributed by atoms with van der Waals surface area (Å²) < 4.78 is 0. The highest BCUT2D eigenvalue weighted by atomic mass is 16.6. The van der Waals surface area contributed by atoms with E-state index in [4.69, 9.17) is 5.73 Å². The Labute approximate surface area is 93.3 Å². The number of nitro benzene ring substituents is 1. The van der Waals surface area contributed by atoms with Crippen molar-refractivity contribution in [2.45, 2.75) is 13.5 Å². The van der Waals surface area contributed by atoms with Crippen LogP contribution in [0.1, 0.15) is 12.5 Å². The molecule has 0 bridgehead atoms.